The summed E-state index contributed by atoms with van der Waals surface area (Å²) in [6.07, 6.45) is 4.48. The van der Waals surface area contributed by atoms with Crippen LogP contribution in [0.4, 0.5) is 0 Å². The van der Waals surface area contributed by atoms with Gasteiger partial charge in [0.25, 0.3) is 0 Å². The third-order valence-corrected chi connectivity index (χ3v) is 5.08. The molecule has 5 nitrogen and oxygen atoms in total. The first-order valence-corrected chi connectivity index (χ1v) is 7.76. The molecule has 0 atom stereocenters. The summed E-state index contributed by atoms with van der Waals surface area (Å²) in [6, 6.07) is 6.86. The van der Waals surface area contributed by atoms with Crippen molar-refractivity contribution in [3.63, 3.8) is 0 Å². The molecule has 0 N–H and O–H groups in total. The number of rotatable bonds is 5. The average Bonchev–Trinajstić information content (AvgIpc) is 2.46. The molecule has 0 bridgehead atoms. The molecule has 20 heavy (non-hydrogen) atoms. The Morgan fingerprint density at radius 3 is 2.45 bits per heavy atom. The van der Waals surface area contributed by atoms with Gasteiger partial charge in [0.05, 0.1) is 22.5 Å². The van der Waals surface area contributed by atoms with E-state index in [1.165, 1.54) is 18.7 Å². The molecule has 106 valence electrons. The predicted molar refractivity (Wildman–Crippen MR) is 75.1 cm³/mol. The standard InChI is InChI=1S/C14H16N2O3S/c1-11(2)20(17,18)14-6-4-3-5-12(14)9-19-13-7-15-10-16-8-13/h3-8,10-11H,9H2,1-2H3. The van der Waals surface area contributed by atoms with Crippen LogP contribution in [0.1, 0.15) is 19.4 Å². The molecule has 0 radical (unpaired) electrons. The third-order valence-electron chi connectivity index (χ3n) is 2.83. The number of nitrogens with zero attached hydrogens (tertiary/aromatic N) is 2. The van der Waals surface area contributed by atoms with Gasteiger partial charge in [-0.15, -0.1) is 0 Å². The maximum absolute atomic E-state index is 12.3. The van der Waals surface area contributed by atoms with Gasteiger partial charge in [0.1, 0.15) is 12.9 Å². The second kappa shape index (κ2) is 6.00. The lowest BCUT2D eigenvalue weighted by atomic mass is 10.2. The molecular weight excluding hydrogens is 276 g/mol. The molecule has 0 amide bonds. The maximum Gasteiger partial charge on any atom is 0.181 e. The summed E-state index contributed by atoms with van der Waals surface area (Å²) in [5.41, 5.74) is 0.630. The van der Waals surface area contributed by atoms with Crippen LogP contribution in [-0.2, 0) is 16.4 Å². The Bertz CT molecular complexity index is 670. The Labute approximate surface area is 118 Å². The van der Waals surface area contributed by atoms with Crippen LogP contribution in [0.15, 0.2) is 47.9 Å². The molecule has 0 aliphatic rings. The van der Waals surface area contributed by atoms with E-state index < -0.39 is 15.1 Å². The average molecular weight is 292 g/mol. The number of benzene rings is 1. The van der Waals surface area contributed by atoms with Crippen molar-refractivity contribution >= 4 is 9.84 Å². The van der Waals surface area contributed by atoms with Crippen LogP contribution in [0, 0.1) is 0 Å². The second-order valence-corrected chi connectivity index (χ2v) is 7.04. The van der Waals surface area contributed by atoms with E-state index in [-0.39, 0.29) is 6.61 Å². The fraction of sp³-hybridized carbons (Fsp3) is 0.286. The van der Waals surface area contributed by atoms with E-state index in [1.807, 2.05) is 0 Å². The van der Waals surface area contributed by atoms with E-state index in [2.05, 4.69) is 9.97 Å². The van der Waals surface area contributed by atoms with Crippen LogP contribution in [0.2, 0.25) is 0 Å². The fourth-order valence-electron chi connectivity index (χ4n) is 1.68. The SMILES string of the molecule is CC(C)S(=O)(=O)c1ccccc1COc1cncnc1. The van der Waals surface area contributed by atoms with Crippen LogP contribution in [-0.4, -0.2) is 23.6 Å². The lowest BCUT2D eigenvalue weighted by Gasteiger charge is -2.13. The minimum atomic E-state index is -3.32. The van der Waals surface area contributed by atoms with Crippen LogP contribution in [0.25, 0.3) is 0 Å². The molecule has 0 unspecified atom stereocenters. The summed E-state index contributed by atoms with van der Waals surface area (Å²) in [5.74, 6) is 0.504. The lowest BCUT2D eigenvalue weighted by molar-refractivity contribution is 0.300. The van der Waals surface area contributed by atoms with Crippen LogP contribution in [0.5, 0.6) is 5.75 Å². The van der Waals surface area contributed by atoms with Gasteiger partial charge < -0.3 is 4.74 Å². The van der Waals surface area contributed by atoms with Gasteiger partial charge in [-0.05, 0) is 19.9 Å². The largest absolute Gasteiger partial charge is 0.486 e. The summed E-state index contributed by atoms with van der Waals surface area (Å²) in [4.78, 5) is 8.00. The van der Waals surface area contributed by atoms with Crippen LogP contribution < -0.4 is 4.74 Å². The van der Waals surface area contributed by atoms with Crippen molar-refractivity contribution in [2.45, 2.75) is 30.6 Å². The number of hydrogen-bond donors (Lipinski definition) is 0. The first kappa shape index (κ1) is 14.5. The zero-order valence-corrected chi connectivity index (χ0v) is 12.2. The highest BCUT2D eigenvalue weighted by molar-refractivity contribution is 7.92. The summed E-state index contributed by atoms with van der Waals surface area (Å²) < 4.78 is 30.1. The van der Waals surface area contributed by atoms with Crippen molar-refractivity contribution in [1.82, 2.24) is 9.97 Å². The molecule has 1 aromatic carbocycles. The van der Waals surface area contributed by atoms with Crippen molar-refractivity contribution in [2.75, 3.05) is 0 Å². The highest BCUT2D eigenvalue weighted by atomic mass is 32.2. The van der Waals surface area contributed by atoms with E-state index in [9.17, 15) is 8.42 Å². The summed E-state index contributed by atoms with van der Waals surface area (Å²) in [7, 11) is -3.32. The molecule has 2 rings (SSSR count). The Balaban J connectivity index is 2.25. The van der Waals surface area contributed by atoms with Gasteiger partial charge in [0, 0.05) is 5.56 Å². The summed E-state index contributed by atoms with van der Waals surface area (Å²) in [6.45, 7) is 3.49. The molecule has 0 saturated carbocycles. The third kappa shape index (κ3) is 3.14. The summed E-state index contributed by atoms with van der Waals surface area (Å²) >= 11 is 0. The minimum Gasteiger partial charge on any atom is -0.486 e. The molecule has 0 saturated heterocycles. The first-order chi connectivity index (χ1) is 9.51. The molecule has 6 heteroatoms. The Hall–Kier alpha value is -1.95. The number of aromatic nitrogens is 2. The van der Waals surface area contributed by atoms with Crippen molar-refractivity contribution in [3.8, 4) is 5.75 Å². The van der Waals surface area contributed by atoms with Gasteiger partial charge in [-0.2, -0.15) is 0 Å². The topological polar surface area (TPSA) is 69.2 Å². The van der Waals surface area contributed by atoms with E-state index in [1.54, 1.807) is 38.1 Å². The van der Waals surface area contributed by atoms with Crippen molar-refractivity contribution in [3.05, 3.63) is 48.5 Å². The van der Waals surface area contributed by atoms with Gasteiger partial charge >= 0.3 is 0 Å². The molecule has 1 heterocycles. The van der Waals surface area contributed by atoms with Crippen LogP contribution >= 0.6 is 0 Å². The smallest absolute Gasteiger partial charge is 0.181 e. The Morgan fingerprint density at radius 2 is 1.80 bits per heavy atom. The van der Waals surface area contributed by atoms with Crippen molar-refractivity contribution in [2.24, 2.45) is 0 Å². The van der Waals surface area contributed by atoms with Crippen molar-refractivity contribution < 1.29 is 13.2 Å². The highest BCUT2D eigenvalue weighted by Gasteiger charge is 2.22. The first-order valence-electron chi connectivity index (χ1n) is 6.21. The second-order valence-electron chi connectivity index (χ2n) is 4.56. The quantitative estimate of drug-likeness (QED) is 0.845. The van der Waals surface area contributed by atoms with Gasteiger partial charge in [-0.3, -0.25) is 0 Å². The highest BCUT2D eigenvalue weighted by Crippen LogP contribution is 2.21. The molecule has 1 aromatic heterocycles. The fourth-order valence-corrected chi connectivity index (χ4v) is 2.94. The van der Waals surface area contributed by atoms with E-state index in [0.717, 1.165) is 0 Å². The van der Waals surface area contributed by atoms with Gasteiger partial charge in [-0.1, -0.05) is 18.2 Å². The number of ether oxygens (including phenoxy) is 1. The number of hydrogen-bond acceptors (Lipinski definition) is 5. The van der Waals surface area contributed by atoms with Gasteiger partial charge in [0.2, 0.25) is 0 Å². The normalized spacial score (nSPS) is 11.6. The monoisotopic (exact) mass is 292 g/mol. The molecule has 0 fully saturated rings. The molecule has 0 aliphatic heterocycles. The van der Waals surface area contributed by atoms with E-state index >= 15 is 0 Å². The number of sulfone groups is 1. The summed E-state index contributed by atoms with van der Waals surface area (Å²) in [5, 5.41) is -0.469. The molecular formula is C14H16N2O3S. The zero-order valence-electron chi connectivity index (χ0n) is 11.4. The van der Waals surface area contributed by atoms with Crippen LogP contribution in [0.3, 0.4) is 0 Å². The van der Waals surface area contributed by atoms with E-state index in [0.29, 0.717) is 16.2 Å². The molecule has 2 aromatic rings. The van der Waals surface area contributed by atoms with Gasteiger partial charge in [0.15, 0.2) is 15.6 Å². The van der Waals surface area contributed by atoms with Crippen molar-refractivity contribution in [1.29, 1.82) is 0 Å². The molecule has 0 aliphatic carbocycles. The lowest BCUT2D eigenvalue weighted by Crippen LogP contribution is -2.16. The zero-order chi connectivity index (χ0) is 14.6. The Kier molecular flexibility index (Phi) is 4.34. The van der Waals surface area contributed by atoms with Gasteiger partial charge in [-0.25, -0.2) is 18.4 Å². The minimum absolute atomic E-state index is 0.162. The molecule has 0 spiro atoms. The van der Waals surface area contributed by atoms with E-state index in [4.69, 9.17) is 4.74 Å². The predicted octanol–water partition coefficient (Wildman–Crippen LogP) is 2.24. The Morgan fingerprint density at radius 1 is 1.15 bits per heavy atom. The maximum atomic E-state index is 12.3.